The van der Waals surface area contributed by atoms with Gasteiger partial charge in [0.05, 0.1) is 6.54 Å². The molecule has 0 bridgehead atoms. The minimum absolute atomic E-state index is 0.137. The molecule has 0 aliphatic carbocycles. The van der Waals surface area contributed by atoms with E-state index in [1.54, 1.807) is 9.80 Å². The molecule has 17 heavy (non-hydrogen) atoms. The van der Waals surface area contributed by atoms with Gasteiger partial charge in [-0.3, -0.25) is 9.59 Å². The molecular formula is C13H22N2O2. The van der Waals surface area contributed by atoms with Gasteiger partial charge in [-0.15, -0.1) is 0 Å². The quantitative estimate of drug-likeness (QED) is 0.679. The molecule has 2 amide bonds. The third-order valence-electron chi connectivity index (χ3n) is 3.78. The lowest BCUT2D eigenvalue weighted by Crippen LogP contribution is -2.57. The number of hydrogen-bond acceptors (Lipinski definition) is 2. The molecule has 1 unspecified atom stereocenters. The second-order valence-electron chi connectivity index (χ2n) is 5.07. The van der Waals surface area contributed by atoms with Gasteiger partial charge in [0.1, 0.15) is 6.04 Å². The Kier molecular flexibility index (Phi) is 4.02. The highest BCUT2D eigenvalue weighted by atomic mass is 16.2. The minimum atomic E-state index is -0.137. The molecule has 4 heteroatoms. The van der Waals surface area contributed by atoms with Crippen LogP contribution >= 0.6 is 0 Å². The number of rotatable bonds is 5. The number of carbonyl (C=O) groups excluding carboxylic acids is 2. The first kappa shape index (κ1) is 12.4. The highest BCUT2D eigenvalue weighted by Crippen LogP contribution is 2.23. The molecule has 2 rings (SSSR count). The van der Waals surface area contributed by atoms with Crippen molar-refractivity contribution in [3.05, 3.63) is 0 Å². The van der Waals surface area contributed by atoms with E-state index >= 15 is 0 Å². The van der Waals surface area contributed by atoms with E-state index in [0.29, 0.717) is 6.54 Å². The van der Waals surface area contributed by atoms with Gasteiger partial charge < -0.3 is 9.80 Å². The lowest BCUT2D eigenvalue weighted by molar-refractivity contribution is -0.153. The Bertz CT molecular complexity index is 304. The van der Waals surface area contributed by atoms with Crippen LogP contribution < -0.4 is 0 Å². The van der Waals surface area contributed by atoms with Crippen LogP contribution in [0.15, 0.2) is 0 Å². The molecule has 96 valence electrons. The Balaban J connectivity index is 1.86. The summed E-state index contributed by atoms with van der Waals surface area (Å²) in [5.74, 6) is 0.321. The first-order valence-corrected chi connectivity index (χ1v) is 6.82. The van der Waals surface area contributed by atoms with Crippen molar-refractivity contribution in [2.24, 2.45) is 0 Å². The van der Waals surface area contributed by atoms with Gasteiger partial charge in [-0.2, -0.15) is 0 Å². The van der Waals surface area contributed by atoms with Crippen LogP contribution in [0.2, 0.25) is 0 Å². The number of piperazine rings is 1. The predicted octanol–water partition coefficient (Wildman–Crippen LogP) is 1.40. The Hall–Kier alpha value is -1.06. The van der Waals surface area contributed by atoms with Crippen molar-refractivity contribution < 1.29 is 9.59 Å². The molecule has 2 aliphatic rings. The molecule has 4 nitrogen and oxygen atoms in total. The van der Waals surface area contributed by atoms with Crippen molar-refractivity contribution in [1.82, 2.24) is 9.80 Å². The van der Waals surface area contributed by atoms with E-state index in [1.807, 2.05) is 0 Å². The number of carbonyl (C=O) groups is 2. The molecule has 1 atom stereocenters. The van der Waals surface area contributed by atoms with Crippen LogP contribution in [0.3, 0.4) is 0 Å². The Morgan fingerprint density at radius 2 is 2.06 bits per heavy atom. The van der Waals surface area contributed by atoms with Crippen LogP contribution in [0.4, 0.5) is 0 Å². The first-order chi connectivity index (χ1) is 8.24. The van der Waals surface area contributed by atoms with E-state index in [9.17, 15) is 9.59 Å². The molecule has 0 saturated carbocycles. The van der Waals surface area contributed by atoms with Crippen molar-refractivity contribution in [2.45, 2.75) is 51.5 Å². The van der Waals surface area contributed by atoms with Crippen LogP contribution in [-0.2, 0) is 9.59 Å². The van der Waals surface area contributed by atoms with Gasteiger partial charge in [0, 0.05) is 13.1 Å². The summed E-state index contributed by atoms with van der Waals surface area (Å²) in [4.78, 5) is 27.5. The molecule has 2 heterocycles. The SMILES string of the molecule is CCCCCCN1CC(=O)N2CCCC2C1=O. The maximum atomic E-state index is 12.1. The molecule has 0 aromatic heterocycles. The zero-order chi connectivity index (χ0) is 12.3. The van der Waals surface area contributed by atoms with E-state index in [4.69, 9.17) is 0 Å². The summed E-state index contributed by atoms with van der Waals surface area (Å²) in [6.07, 6.45) is 6.43. The van der Waals surface area contributed by atoms with Crippen LogP contribution in [0.5, 0.6) is 0 Å². The average Bonchev–Trinajstić information content (AvgIpc) is 2.80. The fourth-order valence-electron chi connectivity index (χ4n) is 2.78. The molecule has 2 aliphatic heterocycles. The Morgan fingerprint density at radius 3 is 2.82 bits per heavy atom. The molecule has 0 radical (unpaired) electrons. The van der Waals surface area contributed by atoms with Gasteiger partial charge >= 0.3 is 0 Å². The summed E-state index contributed by atoms with van der Waals surface area (Å²) >= 11 is 0. The largest absolute Gasteiger partial charge is 0.332 e. The van der Waals surface area contributed by atoms with Crippen LogP contribution in [-0.4, -0.2) is 47.3 Å². The lowest BCUT2D eigenvalue weighted by atomic mass is 10.1. The van der Waals surface area contributed by atoms with E-state index < -0.39 is 0 Å². The van der Waals surface area contributed by atoms with Crippen molar-refractivity contribution in [3.8, 4) is 0 Å². The first-order valence-electron chi connectivity index (χ1n) is 6.82. The number of hydrogen-bond donors (Lipinski definition) is 0. The van der Waals surface area contributed by atoms with Crippen LogP contribution in [0.25, 0.3) is 0 Å². The van der Waals surface area contributed by atoms with Gasteiger partial charge in [0.2, 0.25) is 11.8 Å². The molecule has 2 fully saturated rings. The van der Waals surface area contributed by atoms with Crippen molar-refractivity contribution >= 4 is 11.8 Å². The summed E-state index contributed by atoms with van der Waals surface area (Å²) in [7, 11) is 0. The number of fused-ring (bicyclic) bond motifs is 1. The molecule has 0 spiro atoms. The fraction of sp³-hybridized carbons (Fsp3) is 0.846. The zero-order valence-corrected chi connectivity index (χ0v) is 10.7. The number of amides is 2. The Morgan fingerprint density at radius 1 is 1.24 bits per heavy atom. The summed E-state index contributed by atoms with van der Waals surface area (Å²) in [6, 6.07) is -0.137. The third-order valence-corrected chi connectivity index (χ3v) is 3.78. The van der Waals surface area contributed by atoms with E-state index in [0.717, 1.165) is 38.8 Å². The number of unbranched alkanes of at least 4 members (excludes halogenated alkanes) is 3. The summed E-state index contributed by atoms with van der Waals surface area (Å²) in [6.45, 7) is 4.02. The van der Waals surface area contributed by atoms with E-state index in [2.05, 4.69) is 6.92 Å². The summed E-state index contributed by atoms with van der Waals surface area (Å²) in [5, 5.41) is 0. The minimum Gasteiger partial charge on any atom is -0.332 e. The van der Waals surface area contributed by atoms with Gasteiger partial charge in [-0.05, 0) is 19.3 Å². The fourth-order valence-corrected chi connectivity index (χ4v) is 2.78. The van der Waals surface area contributed by atoms with Crippen molar-refractivity contribution in [2.75, 3.05) is 19.6 Å². The van der Waals surface area contributed by atoms with Crippen molar-refractivity contribution in [1.29, 1.82) is 0 Å². The van der Waals surface area contributed by atoms with E-state index in [-0.39, 0.29) is 17.9 Å². The van der Waals surface area contributed by atoms with Gasteiger partial charge in [-0.25, -0.2) is 0 Å². The maximum Gasteiger partial charge on any atom is 0.245 e. The second kappa shape index (κ2) is 5.52. The second-order valence-corrected chi connectivity index (χ2v) is 5.07. The molecule has 0 N–H and O–H groups in total. The standard InChI is InChI=1S/C13H22N2O2/c1-2-3-4-5-8-14-10-12(16)15-9-6-7-11(15)13(14)17/h11H,2-10H2,1H3. The molecule has 0 aromatic carbocycles. The number of nitrogens with zero attached hydrogens (tertiary/aromatic N) is 2. The monoisotopic (exact) mass is 238 g/mol. The lowest BCUT2D eigenvalue weighted by Gasteiger charge is -2.36. The van der Waals surface area contributed by atoms with Crippen molar-refractivity contribution in [3.63, 3.8) is 0 Å². The van der Waals surface area contributed by atoms with Gasteiger partial charge in [-0.1, -0.05) is 26.2 Å². The molecule has 0 aromatic rings. The third kappa shape index (κ3) is 2.61. The summed E-state index contributed by atoms with van der Waals surface area (Å²) in [5.41, 5.74) is 0. The van der Waals surface area contributed by atoms with E-state index in [1.165, 1.54) is 12.8 Å². The zero-order valence-electron chi connectivity index (χ0n) is 10.7. The van der Waals surface area contributed by atoms with Gasteiger partial charge in [0.25, 0.3) is 0 Å². The normalized spacial score (nSPS) is 24.4. The highest BCUT2D eigenvalue weighted by molar-refractivity contribution is 5.95. The maximum absolute atomic E-state index is 12.1. The smallest absolute Gasteiger partial charge is 0.245 e. The van der Waals surface area contributed by atoms with Gasteiger partial charge in [0.15, 0.2) is 0 Å². The molecule has 2 saturated heterocycles. The Labute approximate surface area is 103 Å². The highest BCUT2D eigenvalue weighted by Gasteiger charge is 2.41. The average molecular weight is 238 g/mol. The topological polar surface area (TPSA) is 40.6 Å². The van der Waals surface area contributed by atoms with Crippen LogP contribution in [0, 0.1) is 0 Å². The summed E-state index contributed by atoms with van der Waals surface area (Å²) < 4.78 is 0. The predicted molar refractivity (Wildman–Crippen MR) is 65.5 cm³/mol. The molecular weight excluding hydrogens is 216 g/mol. The van der Waals surface area contributed by atoms with Crippen LogP contribution in [0.1, 0.15) is 45.4 Å².